The summed E-state index contributed by atoms with van der Waals surface area (Å²) < 4.78 is 18.4. The number of pyridine rings is 1. The molecule has 1 aromatic heterocycles. The highest BCUT2D eigenvalue weighted by Crippen LogP contribution is 2.37. The molecule has 2 aromatic carbocycles. The molecule has 2 N–H and O–H groups in total. The van der Waals surface area contributed by atoms with Crippen molar-refractivity contribution >= 4 is 22.3 Å². The molecule has 42 heavy (non-hydrogen) atoms. The highest BCUT2D eigenvalue weighted by Gasteiger charge is 2.25. The molecule has 2 saturated heterocycles. The second kappa shape index (κ2) is 16.3. The van der Waals surface area contributed by atoms with Gasteiger partial charge in [-0.15, -0.1) is 6.42 Å². The lowest BCUT2D eigenvalue weighted by atomic mass is 10.1. The molecule has 5 rings (SSSR count). The number of ether oxygens (including phenoxy) is 3. The van der Waals surface area contributed by atoms with Gasteiger partial charge in [0, 0.05) is 67.3 Å². The Labute approximate surface area is 250 Å². The van der Waals surface area contributed by atoms with Crippen molar-refractivity contribution in [2.75, 3.05) is 57.9 Å². The van der Waals surface area contributed by atoms with Crippen molar-refractivity contribution < 1.29 is 24.4 Å². The van der Waals surface area contributed by atoms with Crippen molar-refractivity contribution in [3.8, 4) is 23.8 Å². The molecule has 1 unspecified atom stereocenters. The van der Waals surface area contributed by atoms with Crippen molar-refractivity contribution in [3.63, 3.8) is 0 Å². The molecular weight excluding hydrogens is 532 g/mol. The van der Waals surface area contributed by atoms with Crippen LogP contribution in [-0.2, 0) is 9.62 Å². The Balaban J connectivity index is 0.00000242. The summed E-state index contributed by atoms with van der Waals surface area (Å²) in [5, 5.41) is 13.5. The zero-order chi connectivity index (χ0) is 27.7. The van der Waals surface area contributed by atoms with Gasteiger partial charge in [-0.2, -0.15) is 0 Å². The van der Waals surface area contributed by atoms with Gasteiger partial charge >= 0.3 is 0 Å². The number of aromatic nitrogens is 1. The Hall–Kier alpha value is -3.39. The van der Waals surface area contributed by atoms with E-state index >= 15 is 0 Å². The number of piperidine rings is 1. The van der Waals surface area contributed by atoms with Crippen molar-refractivity contribution in [1.82, 2.24) is 14.8 Å². The lowest BCUT2D eigenvalue weighted by molar-refractivity contribution is -0.309. The predicted molar refractivity (Wildman–Crippen MR) is 169 cm³/mol. The molecule has 2 aliphatic rings. The summed E-state index contributed by atoms with van der Waals surface area (Å²) in [5.41, 5.74) is 3.44. The maximum Gasteiger partial charge on any atom is 0.163 e. The fourth-order valence-corrected chi connectivity index (χ4v) is 5.21. The SMILES string of the molecule is C.C.C#Cc1cccc(Nc2ccnc3cc(OCCCN4CCOCC4)c(OC4CCN(C(C)OO)CC4)cc23)c1. The Morgan fingerprint density at radius 1 is 1.10 bits per heavy atom. The summed E-state index contributed by atoms with van der Waals surface area (Å²) in [6, 6.07) is 13.7. The zero-order valence-corrected chi connectivity index (χ0v) is 23.1. The van der Waals surface area contributed by atoms with Crippen LogP contribution < -0.4 is 14.8 Å². The fraction of sp³-hybridized carbons (Fsp3) is 0.485. The van der Waals surface area contributed by atoms with Crippen LogP contribution in [0.5, 0.6) is 11.5 Å². The molecule has 0 radical (unpaired) electrons. The van der Waals surface area contributed by atoms with Crippen molar-refractivity contribution in [2.45, 2.75) is 53.4 Å². The van der Waals surface area contributed by atoms with Crippen molar-refractivity contribution in [1.29, 1.82) is 0 Å². The minimum absolute atomic E-state index is 0. The zero-order valence-electron chi connectivity index (χ0n) is 23.1. The number of hydrogen-bond acceptors (Lipinski definition) is 9. The van der Waals surface area contributed by atoms with Gasteiger partial charge in [0.2, 0.25) is 0 Å². The average molecular weight is 579 g/mol. The molecule has 228 valence electrons. The molecule has 0 saturated carbocycles. The Kier molecular flexibility index (Phi) is 12.9. The normalized spacial score (nSPS) is 17.0. The van der Waals surface area contributed by atoms with E-state index < -0.39 is 0 Å². The van der Waals surface area contributed by atoms with Gasteiger partial charge in [-0.05, 0) is 56.5 Å². The van der Waals surface area contributed by atoms with Crippen LogP contribution in [0.1, 0.15) is 46.6 Å². The highest BCUT2D eigenvalue weighted by molar-refractivity contribution is 5.95. The second-order valence-corrected chi connectivity index (χ2v) is 10.2. The number of terminal acetylenes is 1. The van der Waals surface area contributed by atoms with Crippen LogP contribution in [0.3, 0.4) is 0 Å². The van der Waals surface area contributed by atoms with E-state index in [4.69, 9.17) is 25.9 Å². The Morgan fingerprint density at radius 3 is 2.62 bits per heavy atom. The molecular formula is C33H46N4O5. The van der Waals surface area contributed by atoms with Crippen LogP contribution in [0.15, 0.2) is 48.7 Å². The number of morpholine rings is 1. The summed E-state index contributed by atoms with van der Waals surface area (Å²) in [4.78, 5) is 13.7. The van der Waals surface area contributed by atoms with E-state index in [2.05, 4.69) is 30.9 Å². The fourth-order valence-electron chi connectivity index (χ4n) is 5.21. The minimum atomic E-state index is -0.334. The Morgan fingerprint density at radius 2 is 1.88 bits per heavy atom. The first-order chi connectivity index (χ1) is 19.6. The Bertz CT molecular complexity index is 1300. The standard InChI is InChI=1S/C31H38N4O5.2CH4/c1-3-24-6-4-7-25(20-24)33-28-8-11-32-29-22-30(38-17-5-12-34-15-18-37-19-16-34)31(21-27(28)29)39-26-9-13-35(14-10-26)23(2)40-36;;/h1,4,6-8,11,20-23,26,36H,5,9-10,12-19H2,2H3,(H,32,33);2*1H4. The topological polar surface area (TPSA) is 88.6 Å². The van der Waals surface area contributed by atoms with E-state index in [1.807, 2.05) is 49.4 Å². The van der Waals surface area contributed by atoms with Gasteiger partial charge in [0.25, 0.3) is 0 Å². The first-order valence-electron chi connectivity index (χ1n) is 14.0. The summed E-state index contributed by atoms with van der Waals surface area (Å²) in [6.45, 7) is 8.46. The highest BCUT2D eigenvalue weighted by atomic mass is 17.1. The van der Waals surface area contributed by atoms with E-state index in [1.54, 1.807) is 6.20 Å². The van der Waals surface area contributed by atoms with Crippen LogP contribution >= 0.6 is 0 Å². The van der Waals surface area contributed by atoms with Crippen LogP contribution in [0.4, 0.5) is 11.4 Å². The smallest absolute Gasteiger partial charge is 0.163 e. The van der Waals surface area contributed by atoms with Crippen LogP contribution in [0.2, 0.25) is 0 Å². The quantitative estimate of drug-likeness (QED) is 0.123. The van der Waals surface area contributed by atoms with E-state index in [0.29, 0.717) is 18.1 Å². The lowest BCUT2D eigenvalue weighted by Gasteiger charge is -2.34. The summed E-state index contributed by atoms with van der Waals surface area (Å²) in [7, 11) is 0. The number of nitrogens with one attached hydrogen (secondary N) is 1. The molecule has 0 amide bonds. The molecule has 1 atom stereocenters. The number of fused-ring (bicyclic) bond motifs is 1. The summed E-state index contributed by atoms with van der Waals surface area (Å²) in [5.74, 6) is 4.09. The molecule has 2 aliphatic heterocycles. The predicted octanol–water partition coefficient (Wildman–Crippen LogP) is 6.01. The van der Waals surface area contributed by atoms with E-state index in [9.17, 15) is 0 Å². The largest absolute Gasteiger partial charge is 0.490 e. The van der Waals surface area contributed by atoms with Gasteiger partial charge in [-0.3, -0.25) is 20.0 Å². The van der Waals surface area contributed by atoms with E-state index in [-0.39, 0.29) is 27.2 Å². The van der Waals surface area contributed by atoms with E-state index in [1.165, 1.54) is 0 Å². The van der Waals surface area contributed by atoms with Gasteiger partial charge in [0.15, 0.2) is 11.5 Å². The van der Waals surface area contributed by atoms with Gasteiger partial charge in [0.05, 0.1) is 25.3 Å². The van der Waals surface area contributed by atoms with Gasteiger partial charge in [-0.1, -0.05) is 26.8 Å². The molecule has 3 heterocycles. The monoisotopic (exact) mass is 578 g/mol. The van der Waals surface area contributed by atoms with Gasteiger partial charge < -0.3 is 19.5 Å². The van der Waals surface area contributed by atoms with Crippen LogP contribution in [-0.4, -0.2) is 84.9 Å². The number of nitrogens with zero attached hydrogens (tertiary/aromatic N) is 3. The third kappa shape index (κ3) is 8.57. The maximum atomic E-state index is 9.05. The number of anilines is 2. The first kappa shape index (κ1) is 33.1. The summed E-state index contributed by atoms with van der Waals surface area (Å²) in [6.07, 6.45) is 9.63. The number of benzene rings is 2. The molecule has 3 aromatic rings. The minimum Gasteiger partial charge on any atom is -0.490 e. The maximum absolute atomic E-state index is 9.05. The van der Waals surface area contributed by atoms with Crippen molar-refractivity contribution in [3.05, 3.63) is 54.2 Å². The van der Waals surface area contributed by atoms with Gasteiger partial charge in [0.1, 0.15) is 12.3 Å². The van der Waals surface area contributed by atoms with Crippen molar-refractivity contribution in [2.24, 2.45) is 0 Å². The lowest BCUT2D eigenvalue weighted by Crippen LogP contribution is -2.43. The van der Waals surface area contributed by atoms with E-state index in [0.717, 1.165) is 93.0 Å². The molecule has 0 aliphatic carbocycles. The summed E-state index contributed by atoms with van der Waals surface area (Å²) >= 11 is 0. The second-order valence-electron chi connectivity index (χ2n) is 10.2. The average Bonchev–Trinajstić information content (AvgIpc) is 3.00. The van der Waals surface area contributed by atoms with Crippen LogP contribution in [0.25, 0.3) is 10.9 Å². The number of hydrogen-bond donors (Lipinski definition) is 2. The van der Waals surface area contributed by atoms with Crippen LogP contribution in [0, 0.1) is 12.3 Å². The molecule has 9 nitrogen and oxygen atoms in total. The number of likely N-dealkylation sites (tertiary alicyclic amines) is 1. The molecule has 2 fully saturated rings. The number of rotatable bonds is 11. The molecule has 0 bridgehead atoms. The third-order valence-electron chi connectivity index (χ3n) is 7.53. The third-order valence-corrected chi connectivity index (χ3v) is 7.53. The first-order valence-corrected chi connectivity index (χ1v) is 14.0. The molecule has 9 heteroatoms. The van der Waals surface area contributed by atoms with Gasteiger partial charge in [-0.25, -0.2) is 4.89 Å². The molecule has 0 spiro atoms.